The summed E-state index contributed by atoms with van der Waals surface area (Å²) in [6.07, 6.45) is 0.308. The summed E-state index contributed by atoms with van der Waals surface area (Å²) >= 11 is 0. The average Bonchev–Trinajstić information content (AvgIpc) is 2.28. The smallest absolute Gasteiger partial charge is 0.305 e. The average molecular weight is 259 g/mol. The summed E-state index contributed by atoms with van der Waals surface area (Å²) in [7, 11) is 0. The SMILES string of the molecule is CC(C)OCCC(=O)N1CCOCC1CC(=O)O. The van der Waals surface area contributed by atoms with Gasteiger partial charge in [-0.1, -0.05) is 0 Å². The van der Waals surface area contributed by atoms with Gasteiger partial charge in [0.25, 0.3) is 0 Å². The van der Waals surface area contributed by atoms with Crippen LogP contribution in [0.15, 0.2) is 0 Å². The molecule has 0 aromatic heterocycles. The van der Waals surface area contributed by atoms with Gasteiger partial charge in [-0.05, 0) is 13.8 Å². The van der Waals surface area contributed by atoms with Crippen LogP contribution in [0.1, 0.15) is 26.7 Å². The van der Waals surface area contributed by atoms with E-state index in [1.807, 2.05) is 13.8 Å². The fourth-order valence-electron chi connectivity index (χ4n) is 1.88. The van der Waals surface area contributed by atoms with Crippen LogP contribution in [0.2, 0.25) is 0 Å². The Balaban J connectivity index is 2.44. The van der Waals surface area contributed by atoms with Crippen molar-refractivity contribution >= 4 is 11.9 Å². The van der Waals surface area contributed by atoms with Gasteiger partial charge in [0.05, 0.1) is 44.8 Å². The molecule has 1 N–H and O–H groups in total. The molecular weight excluding hydrogens is 238 g/mol. The first-order chi connectivity index (χ1) is 8.50. The Kier molecular flexibility index (Phi) is 6.07. The molecule has 1 amide bonds. The number of nitrogens with zero attached hydrogens (tertiary/aromatic N) is 1. The van der Waals surface area contributed by atoms with Crippen molar-refractivity contribution in [3.8, 4) is 0 Å². The minimum Gasteiger partial charge on any atom is -0.481 e. The number of hydrogen-bond acceptors (Lipinski definition) is 4. The summed E-state index contributed by atoms with van der Waals surface area (Å²) in [5.41, 5.74) is 0. The lowest BCUT2D eigenvalue weighted by Gasteiger charge is -2.35. The standard InChI is InChI=1S/C12H21NO5/c1-9(2)18-5-3-11(14)13-4-6-17-8-10(13)7-12(15)16/h9-10H,3-8H2,1-2H3,(H,15,16). The van der Waals surface area contributed by atoms with E-state index in [-0.39, 0.29) is 30.9 Å². The van der Waals surface area contributed by atoms with E-state index in [9.17, 15) is 9.59 Å². The number of carboxylic acids is 1. The number of carbonyl (C=O) groups excluding carboxylic acids is 1. The number of carbonyl (C=O) groups is 2. The van der Waals surface area contributed by atoms with Crippen molar-refractivity contribution in [3.05, 3.63) is 0 Å². The van der Waals surface area contributed by atoms with Gasteiger partial charge in [0, 0.05) is 6.54 Å². The molecule has 0 aliphatic carbocycles. The Labute approximate surface area is 107 Å². The lowest BCUT2D eigenvalue weighted by atomic mass is 10.1. The third-order valence-electron chi connectivity index (χ3n) is 2.73. The van der Waals surface area contributed by atoms with Gasteiger partial charge < -0.3 is 19.5 Å². The maximum Gasteiger partial charge on any atom is 0.305 e. The van der Waals surface area contributed by atoms with Crippen LogP contribution in [0.5, 0.6) is 0 Å². The van der Waals surface area contributed by atoms with Crippen LogP contribution in [0.25, 0.3) is 0 Å². The minimum absolute atomic E-state index is 0.0646. The molecule has 0 bridgehead atoms. The van der Waals surface area contributed by atoms with Crippen molar-refractivity contribution < 1.29 is 24.2 Å². The number of ether oxygens (including phenoxy) is 2. The van der Waals surface area contributed by atoms with E-state index in [0.29, 0.717) is 26.4 Å². The van der Waals surface area contributed by atoms with Crippen molar-refractivity contribution in [2.24, 2.45) is 0 Å². The zero-order valence-corrected chi connectivity index (χ0v) is 10.9. The number of rotatable bonds is 6. The van der Waals surface area contributed by atoms with Crippen LogP contribution in [0.4, 0.5) is 0 Å². The molecule has 0 aromatic carbocycles. The van der Waals surface area contributed by atoms with Crippen LogP contribution < -0.4 is 0 Å². The molecule has 1 unspecified atom stereocenters. The second-order valence-electron chi connectivity index (χ2n) is 4.58. The fraction of sp³-hybridized carbons (Fsp3) is 0.833. The normalized spacial score (nSPS) is 20.2. The molecule has 0 saturated carbocycles. The second kappa shape index (κ2) is 7.33. The highest BCUT2D eigenvalue weighted by atomic mass is 16.5. The molecule has 104 valence electrons. The molecule has 0 radical (unpaired) electrons. The van der Waals surface area contributed by atoms with Gasteiger partial charge in [-0.25, -0.2) is 0 Å². The number of amides is 1. The van der Waals surface area contributed by atoms with Gasteiger partial charge in [0.2, 0.25) is 5.91 Å². The maximum absolute atomic E-state index is 12.0. The van der Waals surface area contributed by atoms with Crippen LogP contribution in [-0.4, -0.2) is 60.4 Å². The summed E-state index contributed by atoms with van der Waals surface area (Å²) in [6, 6.07) is -0.359. The summed E-state index contributed by atoms with van der Waals surface area (Å²) in [6.45, 7) is 5.40. The summed E-state index contributed by atoms with van der Waals surface area (Å²) < 4.78 is 10.5. The minimum atomic E-state index is -0.915. The molecule has 1 saturated heterocycles. The predicted molar refractivity (Wildman–Crippen MR) is 64.3 cm³/mol. The molecule has 0 spiro atoms. The van der Waals surface area contributed by atoms with Gasteiger partial charge in [-0.3, -0.25) is 9.59 Å². The van der Waals surface area contributed by atoms with Crippen molar-refractivity contribution in [3.63, 3.8) is 0 Å². The third-order valence-corrected chi connectivity index (χ3v) is 2.73. The van der Waals surface area contributed by atoms with E-state index < -0.39 is 5.97 Å². The third kappa shape index (κ3) is 5.01. The Hall–Kier alpha value is -1.14. The molecule has 1 aliphatic rings. The first-order valence-corrected chi connectivity index (χ1v) is 6.21. The highest BCUT2D eigenvalue weighted by Gasteiger charge is 2.28. The molecule has 6 nitrogen and oxygen atoms in total. The Morgan fingerprint density at radius 3 is 2.83 bits per heavy atom. The number of carboxylic acid groups (broad SMARTS) is 1. The highest BCUT2D eigenvalue weighted by molar-refractivity contribution is 5.78. The summed E-state index contributed by atoms with van der Waals surface area (Å²) in [5.74, 6) is -0.980. The predicted octanol–water partition coefficient (Wildman–Crippen LogP) is 0.504. The van der Waals surface area contributed by atoms with Gasteiger partial charge in [0.1, 0.15) is 0 Å². The lowest BCUT2D eigenvalue weighted by Crippen LogP contribution is -2.49. The maximum atomic E-state index is 12.0. The first-order valence-electron chi connectivity index (χ1n) is 6.21. The monoisotopic (exact) mass is 259 g/mol. The molecule has 0 aromatic rings. The Morgan fingerprint density at radius 2 is 2.22 bits per heavy atom. The Bertz CT molecular complexity index is 292. The van der Waals surface area contributed by atoms with E-state index >= 15 is 0 Å². The van der Waals surface area contributed by atoms with E-state index in [1.54, 1.807) is 4.90 Å². The molecule has 1 heterocycles. The summed E-state index contributed by atoms with van der Waals surface area (Å²) in [5, 5.41) is 8.80. The van der Waals surface area contributed by atoms with Crippen LogP contribution in [-0.2, 0) is 19.1 Å². The largest absolute Gasteiger partial charge is 0.481 e. The van der Waals surface area contributed by atoms with Crippen molar-refractivity contribution in [2.45, 2.75) is 38.8 Å². The quantitative estimate of drug-likeness (QED) is 0.752. The van der Waals surface area contributed by atoms with Crippen molar-refractivity contribution in [2.75, 3.05) is 26.4 Å². The molecule has 1 aliphatic heterocycles. The van der Waals surface area contributed by atoms with E-state index in [4.69, 9.17) is 14.6 Å². The number of hydrogen-bond donors (Lipinski definition) is 1. The molecule has 1 rings (SSSR count). The van der Waals surface area contributed by atoms with E-state index in [0.717, 1.165) is 0 Å². The van der Waals surface area contributed by atoms with E-state index in [2.05, 4.69) is 0 Å². The Morgan fingerprint density at radius 1 is 1.50 bits per heavy atom. The van der Waals surface area contributed by atoms with Crippen LogP contribution in [0, 0.1) is 0 Å². The van der Waals surface area contributed by atoms with E-state index in [1.165, 1.54) is 0 Å². The first kappa shape index (κ1) is 14.9. The molecule has 1 atom stereocenters. The van der Waals surface area contributed by atoms with Crippen LogP contribution >= 0.6 is 0 Å². The zero-order valence-electron chi connectivity index (χ0n) is 10.9. The van der Waals surface area contributed by atoms with Gasteiger partial charge >= 0.3 is 5.97 Å². The fourth-order valence-corrected chi connectivity index (χ4v) is 1.88. The number of aliphatic carboxylic acids is 1. The van der Waals surface area contributed by atoms with Crippen molar-refractivity contribution in [1.29, 1.82) is 0 Å². The molecule has 18 heavy (non-hydrogen) atoms. The zero-order chi connectivity index (χ0) is 13.5. The topological polar surface area (TPSA) is 76.1 Å². The van der Waals surface area contributed by atoms with Crippen molar-refractivity contribution in [1.82, 2.24) is 4.90 Å². The highest BCUT2D eigenvalue weighted by Crippen LogP contribution is 2.12. The van der Waals surface area contributed by atoms with Crippen LogP contribution in [0.3, 0.4) is 0 Å². The lowest BCUT2D eigenvalue weighted by molar-refractivity contribution is -0.147. The van der Waals surface area contributed by atoms with Gasteiger partial charge in [-0.2, -0.15) is 0 Å². The molecular formula is C12H21NO5. The summed E-state index contributed by atoms with van der Waals surface area (Å²) in [4.78, 5) is 24.3. The van der Waals surface area contributed by atoms with Gasteiger partial charge in [0.15, 0.2) is 0 Å². The number of morpholine rings is 1. The van der Waals surface area contributed by atoms with Gasteiger partial charge in [-0.15, -0.1) is 0 Å². The molecule has 1 fully saturated rings. The molecule has 6 heteroatoms. The second-order valence-corrected chi connectivity index (χ2v) is 4.58.